The molecule has 4 aliphatic rings. The molecule has 1 unspecified atom stereocenters. The molecule has 2 saturated heterocycles. The smallest absolute Gasteiger partial charge is 0.313 e. The molecule has 1 spiro atoms. The molecule has 0 aliphatic carbocycles. The van der Waals surface area contributed by atoms with Crippen LogP contribution in [0.1, 0.15) is 20.3 Å². The van der Waals surface area contributed by atoms with Crippen LogP contribution in [-0.2, 0) is 23.9 Å². The molecule has 1 N–H and O–H groups in total. The van der Waals surface area contributed by atoms with Gasteiger partial charge >= 0.3 is 5.97 Å². The second kappa shape index (κ2) is 9.08. The predicted octanol–water partition coefficient (Wildman–Crippen LogP) is 2.34. The molecule has 0 radical (unpaired) electrons. The van der Waals surface area contributed by atoms with E-state index in [-0.39, 0.29) is 37.5 Å². The molecule has 9 heteroatoms. The molecular formula is C26H29ClN2O6. The Hall–Kier alpha value is -2.68. The number of hydrogen-bond donors (Lipinski definition) is 1. The fraction of sp³-hybridized carbons (Fsp3) is 0.500. The number of hydrogen-bond acceptors (Lipinski definition) is 6. The van der Waals surface area contributed by atoms with Crippen molar-refractivity contribution < 1.29 is 29.0 Å². The number of fused-ring (bicyclic) bond motifs is 2. The van der Waals surface area contributed by atoms with Crippen LogP contribution in [0, 0.1) is 17.8 Å². The number of likely N-dealkylation sites (tertiary alicyclic amines) is 1. The van der Waals surface area contributed by atoms with Crippen molar-refractivity contribution in [3.63, 3.8) is 0 Å². The van der Waals surface area contributed by atoms with Crippen LogP contribution in [0.25, 0.3) is 0 Å². The Morgan fingerprint density at radius 2 is 1.97 bits per heavy atom. The SMILES string of the molecule is CC[C@H](C)[C@H](CO)N1C(=O)[C@@H]2[C@H]3C(=O)OCC=C[C@H]3O[C@@]23C=CCN(c2ccccc2Cl)C(=O)C13. The minimum Gasteiger partial charge on any atom is -0.461 e. The van der Waals surface area contributed by atoms with Crippen molar-refractivity contribution in [2.24, 2.45) is 17.8 Å². The van der Waals surface area contributed by atoms with Gasteiger partial charge < -0.3 is 24.4 Å². The number of amides is 2. The van der Waals surface area contributed by atoms with E-state index in [1.54, 1.807) is 48.6 Å². The molecule has 0 aromatic heterocycles. The lowest BCUT2D eigenvalue weighted by molar-refractivity contribution is -0.154. The van der Waals surface area contributed by atoms with Crippen molar-refractivity contribution >= 4 is 35.1 Å². The molecule has 4 heterocycles. The van der Waals surface area contributed by atoms with E-state index in [0.29, 0.717) is 17.1 Å². The number of cyclic esters (lactones) is 1. The third-order valence-electron chi connectivity index (χ3n) is 7.84. The van der Waals surface area contributed by atoms with Crippen LogP contribution in [0.15, 0.2) is 48.6 Å². The highest BCUT2D eigenvalue weighted by atomic mass is 35.5. The summed E-state index contributed by atoms with van der Waals surface area (Å²) in [5.74, 6) is -3.19. The zero-order valence-corrected chi connectivity index (χ0v) is 20.4. The summed E-state index contributed by atoms with van der Waals surface area (Å²) in [6.45, 7) is 3.92. The highest BCUT2D eigenvalue weighted by molar-refractivity contribution is 6.34. The highest BCUT2D eigenvalue weighted by Gasteiger charge is 2.72. The van der Waals surface area contributed by atoms with Crippen LogP contribution < -0.4 is 4.90 Å². The zero-order valence-electron chi connectivity index (χ0n) is 19.7. The Labute approximate surface area is 209 Å². The summed E-state index contributed by atoms with van der Waals surface area (Å²) in [6.07, 6.45) is 6.99. The number of aliphatic hydroxyl groups is 1. The van der Waals surface area contributed by atoms with E-state index in [2.05, 4.69) is 0 Å². The Bertz CT molecular complexity index is 1110. The third-order valence-corrected chi connectivity index (χ3v) is 8.16. The maximum Gasteiger partial charge on any atom is 0.313 e. The topological polar surface area (TPSA) is 96.4 Å². The van der Waals surface area contributed by atoms with E-state index in [4.69, 9.17) is 21.1 Å². The molecule has 1 aromatic rings. The van der Waals surface area contributed by atoms with Crippen molar-refractivity contribution in [3.05, 3.63) is 53.6 Å². The highest BCUT2D eigenvalue weighted by Crippen LogP contribution is 2.54. The lowest BCUT2D eigenvalue weighted by atomic mass is 9.78. The number of rotatable bonds is 5. The van der Waals surface area contributed by atoms with Crippen molar-refractivity contribution in [2.45, 2.75) is 44.1 Å². The second-order valence-corrected chi connectivity index (χ2v) is 9.99. The van der Waals surface area contributed by atoms with E-state index >= 15 is 0 Å². The van der Waals surface area contributed by atoms with Gasteiger partial charge in [0.1, 0.15) is 24.2 Å². The van der Waals surface area contributed by atoms with Gasteiger partial charge in [0.05, 0.1) is 35.4 Å². The minimum absolute atomic E-state index is 0.0922. The van der Waals surface area contributed by atoms with Gasteiger partial charge in [0, 0.05) is 6.54 Å². The van der Waals surface area contributed by atoms with E-state index in [9.17, 15) is 19.5 Å². The largest absolute Gasteiger partial charge is 0.461 e. The lowest BCUT2D eigenvalue weighted by Crippen LogP contribution is -2.59. The van der Waals surface area contributed by atoms with Gasteiger partial charge in [0.2, 0.25) is 5.91 Å². The van der Waals surface area contributed by atoms with Crippen LogP contribution in [0.5, 0.6) is 0 Å². The molecule has 7 atom stereocenters. The molecule has 1 aromatic carbocycles. The first-order chi connectivity index (χ1) is 16.9. The number of nitrogens with zero attached hydrogens (tertiary/aromatic N) is 2. The Kier molecular flexibility index (Phi) is 6.23. The molecule has 2 fully saturated rings. The normalized spacial score (nSPS) is 33.5. The van der Waals surface area contributed by atoms with Gasteiger partial charge in [-0.3, -0.25) is 14.4 Å². The van der Waals surface area contributed by atoms with Crippen molar-refractivity contribution in [2.75, 3.05) is 24.7 Å². The number of esters is 1. The van der Waals surface area contributed by atoms with Gasteiger partial charge in [-0.05, 0) is 24.1 Å². The number of anilines is 1. The minimum atomic E-state index is -1.37. The van der Waals surface area contributed by atoms with Crippen molar-refractivity contribution in [1.82, 2.24) is 4.90 Å². The van der Waals surface area contributed by atoms with Gasteiger partial charge in [-0.15, -0.1) is 0 Å². The first-order valence-electron chi connectivity index (χ1n) is 12.0. The number of carbonyl (C=O) groups excluding carboxylic acids is 3. The van der Waals surface area contributed by atoms with E-state index in [1.807, 2.05) is 13.8 Å². The molecule has 186 valence electrons. The quantitative estimate of drug-likeness (QED) is 0.492. The summed E-state index contributed by atoms with van der Waals surface area (Å²) in [5.41, 5.74) is -0.853. The maximum atomic E-state index is 14.3. The van der Waals surface area contributed by atoms with Gasteiger partial charge in [-0.1, -0.05) is 62.2 Å². The van der Waals surface area contributed by atoms with Crippen LogP contribution in [0.3, 0.4) is 0 Å². The van der Waals surface area contributed by atoms with Gasteiger partial charge in [-0.2, -0.15) is 0 Å². The first kappa shape index (κ1) is 24.0. The number of aliphatic hydroxyl groups excluding tert-OH is 1. The number of ether oxygens (including phenoxy) is 2. The van der Waals surface area contributed by atoms with E-state index in [1.165, 1.54) is 9.80 Å². The van der Waals surface area contributed by atoms with Crippen LogP contribution in [0.2, 0.25) is 5.02 Å². The molecule has 4 aliphatic heterocycles. The lowest BCUT2D eigenvalue weighted by Gasteiger charge is -2.40. The molecule has 0 bridgehead atoms. The first-order valence-corrected chi connectivity index (χ1v) is 12.4. The third kappa shape index (κ3) is 3.53. The number of halogens is 1. The fourth-order valence-electron chi connectivity index (χ4n) is 5.97. The zero-order chi connectivity index (χ0) is 24.9. The van der Waals surface area contributed by atoms with Crippen LogP contribution in [-0.4, -0.2) is 71.3 Å². The second-order valence-electron chi connectivity index (χ2n) is 9.58. The Morgan fingerprint density at radius 3 is 2.69 bits per heavy atom. The Balaban J connectivity index is 1.68. The molecular weight excluding hydrogens is 472 g/mol. The average Bonchev–Trinajstić information content (AvgIpc) is 3.15. The predicted molar refractivity (Wildman–Crippen MR) is 129 cm³/mol. The van der Waals surface area contributed by atoms with Gasteiger partial charge in [0.15, 0.2) is 0 Å². The monoisotopic (exact) mass is 500 g/mol. The number of benzene rings is 1. The summed E-state index contributed by atoms with van der Waals surface area (Å²) < 4.78 is 11.8. The molecule has 0 saturated carbocycles. The summed E-state index contributed by atoms with van der Waals surface area (Å²) in [5, 5.41) is 10.8. The van der Waals surface area contributed by atoms with Crippen molar-refractivity contribution in [3.8, 4) is 0 Å². The maximum absolute atomic E-state index is 14.3. The van der Waals surface area contributed by atoms with E-state index < -0.39 is 41.6 Å². The summed E-state index contributed by atoms with van der Waals surface area (Å²) >= 11 is 6.45. The number of carbonyl (C=O) groups is 3. The van der Waals surface area contributed by atoms with Gasteiger partial charge in [0.25, 0.3) is 5.91 Å². The van der Waals surface area contributed by atoms with Gasteiger partial charge in [-0.25, -0.2) is 0 Å². The standard InChI is InChI=1S/C26H29ClN2O6/c1-3-15(2)18(14-30)29-22-24(32)28(17-9-5-4-8-16(17)27)12-7-11-26(22)21(23(29)31)20-19(35-26)10-6-13-34-25(20)33/h4-11,15,18-22,30H,3,12-14H2,1-2H3/t15-,18-,19+,20-,21-,22?,26-/m0/s1. The summed E-state index contributed by atoms with van der Waals surface area (Å²) in [6, 6.07) is 5.33. The molecule has 35 heavy (non-hydrogen) atoms. The molecule has 2 amide bonds. The molecule has 5 rings (SSSR count). The van der Waals surface area contributed by atoms with Crippen molar-refractivity contribution in [1.29, 1.82) is 0 Å². The summed E-state index contributed by atoms with van der Waals surface area (Å²) in [4.78, 5) is 44.4. The fourth-order valence-corrected chi connectivity index (χ4v) is 6.20. The van der Waals surface area contributed by atoms with Crippen LogP contribution >= 0.6 is 11.6 Å². The summed E-state index contributed by atoms with van der Waals surface area (Å²) in [7, 11) is 0. The van der Waals surface area contributed by atoms with Crippen LogP contribution in [0.4, 0.5) is 5.69 Å². The average molecular weight is 501 g/mol. The molecule has 8 nitrogen and oxygen atoms in total. The van der Waals surface area contributed by atoms with E-state index in [0.717, 1.165) is 0 Å². The Morgan fingerprint density at radius 1 is 1.20 bits per heavy atom. The number of para-hydroxylation sites is 1.